The van der Waals surface area contributed by atoms with E-state index in [4.69, 9.17) is 9.47 Å². The van der Waals surface area contributed by atoms with Crippen LogP contribution in [0.2, 0.25) is 0 Å². The molecule has 1 N–H and O–H groups in total. The maximum atomic E-state index is 15.0. The first kappa shape index (κ1) is 19.6. The molecule has 0 heterocycles. The van der Waals surface area contributed by atoms with Crippen molar-refractivity contribution < 1.29 is 23.8 Å². The molecule has 3 aromatic carbocycles. The Balaban J connectivity index is 1.89. The Morgan fingerprint density at radius 3 is 2.61 bits per heavy atom. The summed E-state index contributed by atoms with van der Waals surface area (Å²) in [6.07, 6.45) is 0.483. The quantitative estimate of drug-likeness (QED) is 0.213. The van der Waals surface area contributed by atoms with Crippen LogP contribution in [0.1, 0.15) is 12.5 Å². The third-order valence-corrected chi connectivity index (χ3v) is 4.41. The van der Waals surface area contributed by atoms with Crippen molar-refractivity contribution in [2.45, 2.75) is 19.6 Å². The summed E-state index contributed by atoms with van der Waals surface area (Å²) in [4.78, 5) is 11.4. The number of halogens is 1. The molecule has 0 fully saturated rings. The molecule has 0 aliphatic heterocycles. The van der Waals surface area contributed by atoms with E-state index in [2.05, 4.69) is 13.2 Å². The molecular formula is C23H21FO4. The smallest absolute Gasteiger partial charge is 0.333 e. The topological polar surface area (TPSA) is 55.8 Å². The van der Waals surface area contributed by atoms with Gasteiger partial charge in [-0.25, -0.2) is 9.18 Å². The first-order chi connectivity index (χ1) is 13.4. The van der Waals surface area contributed by atoms with Crippen molar-refractivity contribution in [2.75, 3.05) is 6.61 Å². The molecule has 144 valence electrons. The van der Waals surface area contributed by atoms with E-state index >= 15 is 0 Å². The summed E-state index contributed by atoms with van der Waals surface area (Å²) in [5.41, 5.74) is 0.796. The molecule has 0 bridgehead atoms. The minimum absolute atomic E-state index is 0.0913. The first-order valence-electron chi connectivity index (χ1n) is 8.84. The fourth-order valence-electron chi connectivity index (χ4n) is 2.96. The molecule has 0 saturated carbocycles. The standard InChI is InChI=1S/C23H21FO4/c1-4-21(25)28-17-7-10-18-16(13-17)6-9-20-19(18)8-5-15(22(20)24)11-12-27-23(26)14(2)3/h4-10,13,21,25H,1-2,11-12H2,3H3. The highest BCUT2D eigenvalue weighted by Gasteiger charge is 2.12. The fraction of sp³-hybridized carbons (Fsp3) is 0.174. The van der Waals surface area contributed by atoms with Crippen molar-refractivity contribution in [3.8, 4) is 5.75 Å². The van der Waals surface area contributed by atoms with Crippen molar-refractivity contribution in [3.05, 3.63) is 78.7 Å². The number of ether oxygens (including phenoxy) is 2. The Morgan fingerprint density at radius 2 is 1.89 bits per heavy atom. The minimum Gasteiger partial charge on any atom is -0.462 e. The molecule has 4 nitrogen and oxygen atoms in total. The van der Waals surface area contributed by atoms with Crippen LogP contribution in [0, 0.1) is 5.82 Å². The zero-order valence-corrected chi connectivity index (χ0v) is 15.6. The third kappa shape index (κ3) is 4.05. The second-order valence-corrected chi connectivity index (χ2v) is 6.49. The van der Waals surface area contributed by atoms with E-state index in [0.29, 0.717) is 22.3 Å². The minimum atomic E-state index is -1.09. The molecule has 1 unspecified atom stereocenters. The normalized spacial score (nSPS) is 12.0. The van der Waals surface area contributed by atoms with Gasteiger partial charge >= 0.3 is 5.97 Å². The lowest BCUT2D eigenvalue weighted by Gasteiger charge is -2.12. The van der Waals surface area contributed by atoms with Gasteiger partial charge in [0.05, 0.1) is 6.61 Å². The highest BCUT2D eigenvalue weighted by atomic mass is 19.1. The van der Waals surface area contributed by atoms with E-state index in [1.807, 2.05) is 12.1 Å². The number of fused-ring (bicyclic) bond motifs is 3. The maximum absolute atomic E-state index is 15.0. The Kier molecular flexibility index (Phi) is 5.76. The number of benzene rings is 3. The Bertz CT molecular complexity index is 1070. The van der Waals surface area contributed by atoms with Gasteiger partial charge in [0.25, 0.3) is 0 Å². The summed E-state index contributed by atoms with van der Waals surface area (Å²) in [6.45, 7) is 8.65. The van der Waals surface area contributed by atoms with Crippen LogP contribution in [0.25, 0.3) is 21.5 Å². The van der Waals surface area contributed by atoms with E-state index < -0.39 is 12.3 Å². The molecule has 3 rings (SSSR count). The predicted molar refractivity (Wildman–Crippen MR) is 108 cm³/mol. The van der Waals surface area contributed by atoms with Crippen LogP contribution in [0.4, 0.5) is 4.39 Å². The van der Waals surface area contributed by atoms with E-state index in [-0.39, 0.29) is 18.8 Å². The van der Waals surface area contributed by atoms with Gasteiger partial charge in [-0.3, -0.25) is 0 Å². The fourth-order valence-corrected chi connectivity index (χ4v) is 2.96. The molecule has 5 heteroatoms. The predicted octanol–water partition coefficient (Wildman–Crippen LogP) is 4.68. The van der Waals surface area contributed by atoms with E-state index in [1.165, 1.54) is 6.08 Å². The largest absolute Gasteiger partial charge is 0.462 e. The third-order valence-electron chi connectivity index (χ3n) is 4.41. The van der Waals surface area contributed by atoms with E-state index in [1.54, 1.807) is 37.3 Å². The van der Waals surface area contributed by atoms with Gasteiger partial charge in [0.2, 0.25) is 6.29 Å². The summed E-state index contributed by atoms with van der Waals surface area (Å²) in [5.74, 6) is -0.310. The van der Waals surface area contributed by atoms with Crippen LogP contribution < -0.4 is 4.74 Å². The van der Waals surface area contributed by atoms with Gasteiger partial charge in [0, 0.05) is 17.4 Å². The van der Waals surface area contributed by atoms with Crippen LogP contribution in [0.3, 0.4) is 0 Å². The number of carbonyl (C=O) groups excluding carboxylic acids is 1. The van der Waals surface area contributed by atoms with Crippen molar-refractivity contribution in [1.29, 1.82) is 0 Å². The van der Waals surface area contributed by atoms with Gasteiger partial charge in [-0.15, -0.1) is 0 Å². The Labute approximate surface area is 162 Å². The number of rotatable bonds is 7. The lowest BCUT2D eigenvalue weighted by Crippen LogP contribution is -2.11. The Morgan fingerprint density at radius 1 is 1.18 bits per heavy atom. The number of carbonyl (C=O) groups is 1. The lowest BCUT2D eigenvalue weighted by atomic mass is 9.98. The summed E-state index contributed by atoms with van der Waals surface area (Å²) in [5, 5.41) is 12.5. The number of hydrogen-bond donors (Lipinski definition) is 1. The zero-order chi connectivity index (χ0) is 20.3. The van der Waals surface area contributed by atoms with Gasteiger partial charge in [-0.05, 0) is 46.9 Å². The number of hydrogen-bond acceptors (Lipinski definition) is 4. The second kappa shape index (κ2) is 8.23. The number of esters is 1. The van der Waals surface area contributed by atoms with Crippen molar-refractivity contribution in [1.82, 2.24) is 0 Å². The summed E-state index contributed by atoms with van der Waals surface area (Å²) in [7, 11) is 0. The molecule has 1 atom stereocenters. The molecular weight excluding hydrogens is 359 g/mol. The van der Waals surface area contributed by atoms with Crippen LogP contribution in [-0.2, 0) is 16.0 Å². The van der Waals surface area contributed by atoms with Gasteiger partial charge in [-0.2, -0.15) is 0 Å². The average Bonchev–Trinajstić information content (AvgIpc) is 2.68. The molecule has 0 aliphatic rings. The van der Waals surface area contributed by atoms with E-state index in [0.717, 1.165) is 16.2 Å². The van der Waals surface area contributed by atoms with Crippen molar-refractivity contribution in [3.63, 3.8) is 0 Å². The molecule has 3 aromatic rings. The highest BCUT2D eigenvalue weighted by molar-refractivity contribution is 6.08. The summed E-state index contributed by atoms with van der Waals surface area (Å²) < 4.78 is 25.3. The Hall–Kier alpha value is -3.18. The SMILES string of the molecule is C=CC(O)Oc1ccc2c(ccc3c(F)c(CCOC(=O)C(=C)C)ccc32)c1. The molecule has 0 spiro atoms. The molecule has 0 radical (unpaired) electrons. The highest BCUT2D eigenvalue weighted by Crippen LogP contribution is 2.31. The summed E-state index contributed by atoms with van der Waals surface area (Å²) >= 11 is 0. The van der Waals surface area contributed by atoms with Crippen LogP contribution >= 0.6 is 0 Å². The number of aliphatic hydroxyl groups is 1. The van der Waals surface area contributed by atoms with Crippen molar-refractivity contribution >= 4 is 27.5 Å². The van der Waals surface area contributed by atoms with Crippen LogP contribution in [-0.4, -0.2) is 24.0 Å². The van der Waals surface area contributed by atoms with E-state index in [9.17, 15) is 14.3 Å². The average molecular weight is 380 g/mol. The molecule has 0 saturated heterocycles. The maximum Gasteiger partial charge on any atom is 0.333 e. The van der Waals surface area contributed by atoms with Gasteiger partial charge in [0.1, 0.15) is 11.6 Å². The summed E-state index contributed by atoms with van der Waals surface area (Å²) in [6, 6.07) is 12.4. The van der Waals surface area contributed by atoms with Gasteiger partial charge in [0.15, 0.2) is 0 Å². The lowest BCUT2D eigenvalue weighted by molar-refractivity contribution is -0.138. The van der Waals surface area contributed by atoms with Crippen LogP contribution in [0.5, 0.6) is 5.75 Å². The second-order valence-electron chi connectivity index (χ2n) is 6.49. The molecule has 28 heavy (non-hydrogen) atoms. The molecule has 0 aliphatic carbocycles. The number of aliphatic hydroxyl groups excluding tert-OH is 1. The van der Waals surface area contributed by atoms with Gasteiger partial charge in [-0.1, -0.05) is 43.5 Å². The molecule has 0 aromatic heterocycles. The van der Waals surface area contributed by atoms with Gasteiger partial charge < -0.3 is 14.6 Å². The van der Waals surface area contributed by atoms with Crippen LogP contribution in [0.15, 0.2) is 67.3 Å². The monoisotopic (exact) mass is 380 g/mol. The van der Waals surface area contributed by atoms with Crippen molar-refractivity contribution in [2.24, 2.45) is 0 Å². The molecule has 0 amide bonds. The zero-order valence-electron chi connectivity index (χ0n) is 15.6. The first-order valence-corrected chi connectivity index (χ1v) is 8.84.